The van der Waals surface area contributed by atoms with Gasteiger partial charge in [-0.2, -0.15) is 0 Å². The predicted octanol–water partition coefficient (Wildman–Crippen LogP) is 2.75. The first-order valence-electron chi connectivity index (χ1n) is 4.92. The van der Waals surface area contributed by atoms with E-state index in [9.17, 15) is 5.11 Å². The molecule has 0 aromatic carbocycles. The summed E-state index contributed by atoms with van der Waals surface area (Å²) in [5.74, 6) is 1.11. The predicted molar refractivity (Wildman–Crippen MR) is 51.9 cm³/mol. The molecular weight excluding hydrogens is 148 g/mol. The average Bonchev–Trinajstić information content (AvgIpc) is 1.98. The van der Waals surface area contributed by atoms with E-state index in [0.717, 1.165) is 19.3 Å². The Hall–Kier alpha value is -0.300. The van der Waals surface area contributed by atoms with Crippen molar-refractivity contribution in [1.29, 1.82) is 0 Å². The number of hydrogen-bond donors (Lipinski definition) is 1. The Morgan fingerprint density at radius 2 is 2.17 bits per heavy atom. The Morgan fingerprint density at radius 1 is 1.50 bits per heavy atom. The third-order valence-electron chi connectivity index (χ3n) is 3.21. The molecule has 0 aromatic rings. The molecule has 1 N–H and O–H groups in total. The first kappa shape index (κ1) is 9.79. The Balaban J connectivity index is 2.63. The van der Waals surface area contributed by atoms with Crippen LogP contribution in [0.5, 0.6) is 0 Å². The fourth-order valence-electron chi connectivity index (χ4n) is 2.24. The van der Waals surface area contributed by atoms with Gasteiger partial charge in [0.25, 0.3) is 0 Å². The summed E-state index contributed by atoms with van der Waals surface area (Å²) in [5.41, 5.74) is -0.459. The summed E-state index contributed by atoms with van der Waals surface area (Å²) in [6.07, 6.45) is 5.96. The largest absolute Gasteiger partial charge is 0.389 e. The summed E-state index contributed by atoms with van der Waals surface area (Å²) in [4.78, 5) is 0. The number of hydrogen-bond acceptors (Lipinski definition) is 1. The van der Waals surface area contributed by atoms with Crippen molar-refractivity contribution in [3.05, 3.63) is 12.7 Å². The molecule has 0 saturated heterocycles. The zero-order chi connectivity index (χ0) is 9.19. The van der Waals surface area contributed by atoms with E-state index < -0.39 is 5.60 Å². The van der Waals surface area contributed by atoms with Crippen molar-refractivity contribution < 1.29 is 5.11 Å². The van der Waals surface area contributed by atoms with Gasteiger partial charge in [0.15, 0.2) is 0 Å². The molecule has 0 bridgehead atoms. The average molecular weight is 168 g/mol. The summed E-state index contributed by atoms with van der Waals surface area (Å²) in [6.45, 7) is 8.07. The van der Waals surface area contributed by atoms with Crippen molar-refractivity contribution in [2.75, 3.05) is 0 Å². The van der Waals surface area contributed by atoms with Crippen LogP contribution in [0.25, 0.3) is 0 Å². The molecule has 12 heavy (non-hydrogen) atoms. The fraction of sp³-hybridized carbons (Fsp3) is 0.818. The van der Waals surface area contributed by atoms with E-state index in [0.29, 0.717) is 11.8 Å². The molecule has 0 aromatic heterocycles. The van der Waals surface area contributed by atoms with E-state index in [1.54, 1.807) is 0 Å². The molecule has 0 amide bonds. The van der Waals surface area contributed by atoms with Gasteiger partial charge in [0.05, 0.1) is 5.60 Å². The second kappa shape index (κ2) is 3.61. The van der Waals surface area contributed by atoms with Crippen LogP contribution in [0.4, 0.5) is 0 Å². The Bertz CT molecular complexity index is 164. The SMILES string of the molecule is C=CCC1(O)CC(C)CCC1C. The van der Waals surface area contributed by atoms with Crippen molar-refractivity contribution in [3.8, 4) is 0 Å². The second-order valence-electron chi connectivity index (χ2n) is 4.38. The second-order valence-corrected chi connectivity index (χ2v) is 4.38. The lowest BCUT2D eigenvalue weighted by Crippen LogP contribution is -2.41. The lowest BCUT2D eigenvalue weighted by Gasteiger charge is -2.40. The summed E-state index contributed by atoms with van der Waals surface area (Å²) < 4.78 is 0. The topological polar surface area (TPSA) is 20.2 Å². The highest BCUT2D eigenvalue weighted by molar-refractivity contribution is 4.94. The molecule has 3 unspecified atom stereocenters. The van der Waals surface area contributed by atoms with Crippen molar-refractivity contribution in [3.63, 3.8) is 0 Å². The van der Waals surface area contributed by atoms with Crippen LogP contribution in [0.2, 0.25) is 0 Å². The van der Waals surface area contributed by atoms with Gasteiger partial charge in [-0.15, -0.1) is 6.58 Å². The van der Waals surface area contributed by atoms with Crippen LogP contribution < -0.4 is 0 Å². The van der Waals surface area contributed by atoms with Gasteiger partial charge in [0.1, 0.15) is 0 Å². The molecule has 1 saturated carbocycles. The molecule has 1 nitrogen and oxygen atoms in total. The normalized spacial score (nSPS) is 42.6. The van der Waals surface area contributed by atoms with Gasteiger partial charge < -0.3 is 5.11 Å². The lowest BCUT2D eigenvalue weighted by molar-refractivity contribution is -0.0538. The maximum atomic E-state index is 10.2. The van der Waals surface area contributed by atoms with E-state index in [2.05, 4.69) is 20.4 Å². The van der Waals surface area contributed by atoms with Crippen molar-refractivity contribution in [2.24, 2.45) is 11.8 Å². The minimum Gasteiger partial charge on any atom is -0.389 e. The third kappa shape index (κ3) is 1.89. The van der Waals surface area contributed by atoms with E-state index >= 15 is 0 Å². The van der Waals surface area contributed by atoms with Gasteiger partial charge in [0.2, 0.25) is 0 Å². The minimum atomic E-state index is -0.459. The van der Waals surface area contributed by atoms with Gasteiger partial charge in [-0.05, 0) is 31.1 Å². The molecule has 0 spiro atoms. The van der Waals surface area contributed by atoms with E-state index in [1.165, 1.54) is 6.42 Å². The maximum Gasteiger partial charge on any atom is 0.0709 e. The molecule has 0 radical (unpaired) electrons. The smallest absolute Gasteiger partial charge is 0.0709 e. The molecule has 0 aliphatic heterocycles. The zero-order valence-electron chi connectivity index (χ0n) is 8.21. The van der Waals surface area contributed by atoms with Gasteiger partial charge in [-0.1, -0.05) is 26.3 Å². The van der Waals surface area contributed by atoms with Gasteiger partial charge in [-0.3, -0.25) is 0 Å². The summed E-state index contributed by atoms with van der Waals surface area (Å²) in [5, 5.41) is 10.2. The van der Waals surface area contributed by atoms with Crippen LogP contribution in [0, 0.1) is 11.8 Å². The van der Waals surface area contributed by atoms with Crippen LogP contribution in [-0.2, 0) is 0 Å². The highest BCUT2D eigenvalue weighted by Crippen LogP contribution is 2.38. The summed E-state index contributed by atoms with van der Waals surface area (Å²) in [7, 11) is 0. The van der Waals surface area contributed by atoms with Crippen molar-refractivity contribution >= 4 is 0 Å². The van der Waals surface area contributed by atoms with Crippen molar-refractivity contribution in [2.45, 2.75) is 45.1 Å². The molecule has 1 rings (SSSR count). The van der Waals surface area contributed by atoms with Gasteiger partial charge >= 0.3 is 0 Å². The Kier molecular flexibility index (Phi) is 2.94. The highest BCUT2D eigenvalue weighted by atomic mass is 16.3. The van der Waals surface area contributed by atoms with E-state index in [4.69, 9.17) is 0 Å². The summed E-state index contributed by atoms with van der Waals surface area (Å²) in [6, 6.07) is 0. The zero-order valence-corrected chi connectivity index (χ0v) is 8.21. The highest BCUT2D eigenvalue weighted by Gasteiger charge is 2.37. The Labute approximate surface area is 75.5 Å². The van der Waals surface area contributed by atoms with Crippen LogP contribution in [0.3, 0.4) is 0 Å². The molecule has 3 atom stereocenters. The standard InChI is InChI=1S/C11H20O/c1-4-7-11(12)8-9(2)5-6-10(11)3/h4,9-10,12H,1,5-8H2,2-3H3. The van der Waals surface area contributed by atoms with Crippen LogP contribution in [0.15, 0.2) is 12.7 Å². The van der Waals surface area contributed by atoms with E-state index in [1.807, 2.05) is 6.08 Å². The molecule has 1 fully saturated rings. The fourth-order valence-corrected chi connectivity index (χ4v) is 2.24. The Morgan fingerprint density at radius 3 is 2.75 bits per heavy atom. The third-order valence-corrected chi connectivity index (χ3v) is 3.21. The van der Waals surface area contributed by atoms with Gasteiger partial charge in [-0.25, -0.2) is 0 Å². The van der Waals surface area contributed by atoms with Crippen molar-refractivity contribution in [1.82, 2.24) is 0 Å². The van der Waals surface area contributed by atoms with Crippen LogP contribution in [0.1, 0.15) is 39.5 Å². The monoisotopic (exact) mass is 168 g/mol. The first-order valence-corrected chi connectivity index (χ1v) is 4.92. The van der Waals surface area contributed by atoms with Gasteiger partial charge in [0, 0.05) is 0 Å². The van der Waals surface area contributed by atoms with Crippen LogP contribution >= 0.6 is 0 Å². The van der Waals surface area contributed by atoms with Crippen LogP contribution in [-0.4, -0.2) is 10.7 Å². The summed E-state index contributed by atoms with van der Waals surface area (Å²) >= 11 is 0. The molecule has 1 aliphatic carbocycles. The molecule has 1 heteroatoms. The van der Waals surface area contributed by atoms with E-state index in [-0.39, 0.29) is 0 Å². The quantitative estimate of drug-likeness (QED) is 0.629. The molecule has 70 valence electrons. The lowest BCUT2D eigenvalue weighted by atomic mass is 9.70. The number of aliphatic hydroxyl groups is 1. The molecular formula is C11H20O. The first-order chi connectivity index (χ1) is 5.58. The maximum absolute atomic E-state index is 10.2. The minimum absolute atomic E-state index is 0.437. The number of rotatable bonds is 2. The molecule has 1 aliphatic rings. The molecule has 0 heterocycles.